The highest BCUT2D eigenvalue weighted by Crippen LogP contribution is 2.42. The van der Waals surface area contributed by atoms with Crippen LogP contribution in [-0.4, -0.2) is 11.9 Å². The molecule has 0 fully saturated rings. The highest BCUT2D eigenvalue weighted by atomic mass is 16.2. The fourth-order valence-corrected chi connectivity index (χ4v) is 3.07. The van der Waals surface area contributed by atoms with Crippen LogP contribution in [-0.2, 0) is 11.2 Å². The minimum Gasteiger partial charge on any atom is -0.347 e. The zero-order valence-electron chi connectivity index (χ0n) is 12.1. The maximum atomic E-state index is 12.0. The molecule has 2 aromatic carbocycles. The van der Waals surface area contributed by atoms with Crippen LogP contribution in [0.25, 0.3) is 0 Å². The second-order valence-electron chi connectivity index (χ2n) is 5.70. The maximum Gasteiger partial charge on any atom is 0.237 e. The Morgan fingerprint density at radius 2 is 1.81 bits per heavy atom. The van der Waals surface area contributed by atoms with E-state index in [-0.39, 0.29) is 17.9 Å². The second kappa shape index (κ2) is 5.70. The van der Waals surface area contributed by atoms with Gasteiger partial charge in [-0.05, 0) is 30.0 Å². The SMILES string of the molecule is CC(N)C(=O)N[C@H]1c2ccccc2CC1c1ccccc1. The molecule has 3 rings (SSSR count). The number of fused-ring (bicyclic) bond motifs is 1. The molecule has 0 bridgehead atoms. The van der Waals surface area contributed by atoms with E-state index in [2.05, 4.69) is 35.6 Å². The molecule has 0 heterocycles. The molecule has 3 nitrogen and oxygen atoms in total. The highest BCUT2D eigenvalue weighted by Gasteiger charge is 2.34. The minimum absolute atomic E-state index is 0.00194. The van der Waals surface area contributed by atoms with Crippen LogP contribution in [0.3, 0.4) is 0 Å². The van der Waals surface area contributed by atoms with Crippen molar-refractivity contribution in [2.75, 3.05) is 0 Å². The molecule has 3 N–H and O–H groups in total. The Morgan fingerprint density at radius 1 is 1.14 bits per heavy atom. The van der Waals surface area contributed by atoms with Crippen LogP contribution in [0.2, 0.25) is 0 Å². The number of hydrogen-bond acceptors (Lipinski definition) is 2. The van der Waals surface area contributed by atoms with E-state index in [4.69, 9.17) is 5.73 Å². The molecular weight excluding hydrogens is 260 g/mol. The van der Waals surface area contributed by atoms with Crippen LogP contribution in [0.4, 0.5) is 0 Å². The van der Waals surface area contributed by atoms with Crippen LogP contribution in [0.15, 0.2) is 54.6 Å². The van der Waals surface area contributed by atoms with E-state index >= 15 is 0 Å². The third-order valence-electron chi connectivity index (χ3n) is 4.17. The average molecular weight is 280 g/mol. The van der Waals surface area contributed by atoms with Crippen molar-refractivity contribution in [1.29, 1.82) is 0 Å². The summed E-state index contributed by atoms with van der Waals surface area (Å²) >= 11 is 0. The maximum absolute atomic E-state index is 12.0. The number of rotatable bonds is 3. The molecule has 1 aliphatic rings. The van der Waals surface area contributed by atoms with Gasteiger partial charge in [-0.1, -0.05) is 54.6 Å². The standard InChI is InChI=1S/C18H20N2O/c1-12(19)18(21)20-17-15-10-6-5-9-14(15)11-16(17)13-7-3-2-4-8-13/h2-10,12,16-17H,11,19H2,1H3,(H,20,21)/t12?,16?,17-/m0/s1. The zero-order chi connectivity index (χ0) is 14.8. The van der Waals surface area contributed by atoms with Gasteiger partial charge in [-0.25, -0.2) is 0 Å². The second-order valence-corrected chi connectivity index (χ2v) is 5.70. The van der Waals surface area contributed by atoms with Crippen LogP contribution < -0.4 is 11.1 Å². The van der Waals surface area contributed by atoms with Gasteiger partial charge in [-0.15, -0.1) is 0 Å². The fraction of sp³-hybridized carbons (Fsp3) is 0.278. The van der Waals surface area contributed by atoms with Gasteiger partial charge in [0.1, 0.15) is 0 Å². The van der Waals surface area contributed by atoms with E-state index in [9.17, 15) is 4.79 Å². The fourth-order valence-electron chi connectivity index (χ4n) is 3.07. The third-order valence-corrected chi connectivity index (χ3v) is 4.17. The normalized spacial score (nSPS) is 21.6. The lowest BCUT2D eigenvalue weighted by Crippen LogP contribution is -2.41. The molecule has 1 aliphatic carbocycles. The summed E-state index contributed by atoms with van der Waals surface area (Å²) in [7, 11) is 0. The topological polar surface area (TPSA) is 55.1 Å². The molecule has 2 unspecified atom stereocenters. The Kier molecular flexibility index (Phi) is 3.76. The van der Waals surface area contributed by atoms with E-state index in [0.717, 1.165) is 6.42 Å². The van der Waals surface area contributed by atoms with E-state index < -0.39 is 6.04 Å². The van der Waals surface area contributed by atoms with Crippen molar-refractivity contribution in [2.24, 2.45) is 5.73 Å². The van der Waals surface area contributed by atoms with Gasteiger partial charge in [0.15, 0.2) is 0 Å². The molecule has 0 spiro atoms. The largest absolute Gasteiger partial charge is 0.347 e. The Bertz CT molecular complexity index is 637. The Balaban J connectivity index is 1.95. The smallest absolute Gasteiger partial charge is 0.237 e. The number of benzene rings is 2. The molecule has 0 aromatic heterocycles. The number of amides is 1. The number of nitrogens with one attached hydrogen (secondary N) is 1. The summed E-state index contributed by atoms with van der Waals surface area (Å²) in [6, 6.07) is 18.2. The van der Waals surface area contributed by atoms with E-state index in [0.29, 0.717) is 0 Å². The molecule has 3 heteroatoms. The molecule has 2 aromatic rings. The van der Waals surface area contributed by atoms with Crippen LogP contribution in [0, 0.1) is 0 Å². The Morgan fingerprint density at radius 3 is 2.52 bits per heavy atom. The molecule has 108 valence electrons. The first-order valence-corrected chi connectivity index (χ1v) is 7.35. The first kappa shape index (κ1) is 13.8. The summed E-state index contributed by atoms with van der Waals surface area (Å²) in [5.41, 5.74) is 9.47. The van der Waals surface area contributed by atoms with Gasteiger partial charge < -0.3 is 11.1 Å². The number of nitrogens with two attached hydrogens (primary N) is 1. The monoisotopic (exact) mass is 280 g/mol. The summed E-state index contributed by atoms with van der Waals surface area (Å²) < 4.78 is 0. The van der Waals surface area contributed by atoms with Crippen LogP contribution in [0.5, 0.6) is 0 Å². The van der Waals surface area contributed by atoms with Gasteiger partial charge in [-0.3, -0.25) is 4.79 Å². The van der Waals surface area contributed by atoms with Gasteiger partial charge in [0.25, 0.3) is 0 Å². The van der Waals surface area contributed by atoms with Crippen molar-refractivity contribution in [2.45, 2.75) is 31.3 Å². The predicted molar refractivity (Wildman–Crippen MR) is 83.9 cm³/mol. The van der Waals surface area contributed by atoms with Crippen molar-refractivity contribution >= 4 is 5.91 Å². The molecule has 0 radical (unpaired) electrons. The van der Waals surface area contributed by atoms with Crippen LogP contribution in [0.1, 0.15) is 35.6 Å². The predicted octanol–water partition coefficient (Wildman–Crippen LogP) is 2.53. The molecule has 1 amide bonds. The first-order chi connectivity index (χ1) is 10.2. The number of hydrogen-bond donors (Lipinski definition) is 2. The van der Waals surface area contributed by atoms with Crippen molar-refractivity contribution in [3.63, 3.8) is 0 Å². The average Bonchev–Trinajstić information content (AvgIpc) is 2.87. The van der Waals surface area contributed by atoms with Gasteiger partial charge in [0.05, 0.1) is 12.1 Å². The minimum atomic E-state index is -0.491. The van der Waals surface area contributed by atoms with E-state index in [1.165, 1.54) is 16.7 Å². The zero-order valence-corrected chi connectivity index (χ0v) is 12.1. The van der Waals surface area contributed by atoms with Crippen molar-refractivity contribution in [3.8, 4) is 0 Å². The number of carbonyl (C=O) groups excluding carboxylic acids is 1. The first-order valence-electron chi connectivity index (χ1n) is 7.35. The van der Waals surface area contributed by atoms with Gasteiger partial charge in [0, 0.05) is 5.92 Å². The molecule has 3 atom stereocenters. The summed E-state index contributed by atoms with van der Waals surface area (Å²) in [4.78, 5) is 12.0. The molecule has 0 saturated heterocycles. The van der Waals surface area contributed by atoms with E-state index in [1.54, 1.807) is 6.92 Å². The summed E-state index contributed by atoms with van der Waals surface area (Å²) in [5, 5.41) is 3.12. The van der Waals surface area contributed by atoms with Gasteiger partial charge in [0.2, 0.25) is 5.91 Å². The highest BCUT2D eigenvalue weighted by molar-refractivity contribution is 5.81. The van der Waals surface area contributed by atoms with Crippen molar-refractivity contribution < 1.29 is 4.79 Å². The quantitative estimate of drug-likeness (QED) is 0.907. The van der Waals surface area contributed by atoms with Crippen molar-refractivity contribution in [3.05, 3.63) is 71.3 Å². The molecule has 21 heavy (non-hydrogen) atoms. The Labute approximate surface area is 125 Å². The molecule has 0 saturated carbocycles. The lowest BCUT2D eigenvalue weighted by atomic mass is 9.92. The number of carbonyl (C=O) groups is 1. The lowest BCUT2D eigenvalue weighted by Gasteiger charge is -2.23. The molecular formula is C18H20N2O. The van der Waals surface area contributed by atoms with Gasteiger partial charge >= 0.3 is 0 Å². The molecule has 0 aliphatic heterocycles. The lowest BCUT2D eigenvalue weighted by molar-refractivity contribution is -0.122. The van der Waals surface area contributed by atoms with E-state index in [1.807, 2.05) is 24.3 Å². The van der Waals surface area contributed by atoms with Gasteiger partial charge in [-0.2, -0.15) is 0 Å². The third kappa shape index (κ3) is 2.69. The van der Waals surface area contributed by atoms with Crippen molar-refractivity contribution in [1.82, 2.24) is 5.32 Å². The summed E-state index contributed by atoms with van der Waals surface area (Å²) in [6.45, 7) is 1.72. The van der Waals surface area contributed by atoms with Crippen LogP contribution >= 0.6 is 0 Å². The Hall–Kier alpha value is -2.13. The summed E-state index contributed by atoms with van der Waals surface area (Å²) in [6.07, 6.45) is 0.948. The summed E-state index contributed by atoms with van der Waals surface area (Å²) in [5.74, 6) is 0.170.